The van der Waals surface area contributed by atoms with Crippen LogP contribution in [-0.2, 0) is 0 Å². The molecule has 0 spiro atoms. The number of hydrogen-bond acceptors (Lipinski definition) is 2. The Bertz CT molecular complexity index is 332. The Morgan fingerprint density at radius 1 is 1.25 bits per heavy atom. The summed E-state index contributed by atoms with van der Waals surface area (Å²) in [6.07, 6.45) is 0.984. The van der Waals surface area contributed by atoms with Crippen molar-refractivity contribution in [1.29, 1.82) is 0 Å². The van der Waals surface area contributed by atoms with E-state index in [2.05, 4.69) is 12.2 Å². The van der Waals surface area contributed by atoms with Crippen molar-refractivity contribution in [3.63, 3.8) is 0 Å². The molecule has 0 saturated heterocycles. The van der Waals surface area contributed by atoms with Gasteiger partial charge in [0, 0.05) is 31.4 Å². The van der Waals surface area contributed by atoms with Crippen LogP contribution in [0.1, 0.15) is 30.6 Å². The summed E-state index contributed by atoms with van der Waals surface area (Å²) in [6, 6.07) is 7.62. The Kier molecular flexibility index (Phi) is 4.83. The van der Waals surface area contributed by atoms with Gasteiger partial charge in [0.05, 0.1) is 0 Å². The molecule has 0 fully saturated rings. The minimum atomic E-state index is 0.0879. The number of nitrogens with zero attached hydrogens (tertiary/aromatic N) is 1. The second-order valence-corrected chi connectivity index (χ2v) is 3.83. The molecule has 0 aromatic heterocycles. The number of amides is 1. The van der Waals surface area contributed by atoms with E-state index in [-0.39, 0.29) is 5.91 Å². The van der Waals surface area contributed by atoms with Gasteiger partial charge in [-0.05, 0) is 37.6 Å². The first-order valence-electron chi connectivity index (χ1n) is 5.78. The second kappa shape index (κ2) is 6.16. The highest BCUT2D eigenvalue weighted by atomic mass is 16.2. The maximum atomic E-state index is 11.9. The molecule has 88 valence electrons. The molecule has 0 atom stereocenters. The van der Waals surface area contributed by atoms with E-state index in [1.54, 1.807) is 4.90 Å². The first-order valence-corrected chi connectivity index (χ1v) is 5.78. The van der Waals surface area contributed by atoms with Crippen LogP contribution in [0.4, 0.5) is 5.69 Å². The molecule has 1 amide bonds. The molecule has 0 heterocycles. The maximum Gasteiger partial charge on any atom is 0.253 e. The molecule has 0 radical (unpaired) electrons. The summed E-state index contributed by atoms with van der Waals surface area (Å²) in [5, 5.41) is 3.20. The molecule has 0 saturated carbocycles. The summed E-state index contributed by atoms with van der Waals surface area (Å²) in [6.45, 7) is 5.81. The highest BCUT2D eigenvalue weighted by Gasteiger charge is 2.09. The number of nitrogens with one attached hydrogen (secondary N) is 1. The van der Waals surface area contributed by atoms with Crippen molar-refractivity contribution in [2.75, 3.05) is 25.5 Å². The fourth-order valence-corrected chi connectivity index (χ4v) is 1.59. The van der Waals surface area contributed by atoms with Gasteiger partial charge in [-0.15, -0.1) is 0 Å². The first kappa shape index (κ1) is 12.6. The fraction of sp³-hybridized carbons (Fsp3) is 0.462. The Balaban J connectivity index is 2.69. The van der Waals surface area contributed by atoms with Crippen LogP contribution in [0.2, 0.25) is 0 Å². The van der Waals surface area contributed by atoms with Gasteiger partial charge in [-0.1, -0.05) is 6.92 Å². The number of benzene rings is 1. The predicted molar refractivity (Wildman–Crippen MR) is 67.9 cm³/mol. The number of carbonyl (C=O) groups is 1. The van der Waals surface area contributed by atoms with E-state index < -0.39 is 0 Å². The lowest BCUT2D eigenvalue weighted by atomic mass is 10.2. The lowest BCUT2D eigenvalue weighted by Crippen LogP contribution is -2.27. The number of hydrogen-bond donors (Lipinski definition) is 1. The van der Waals surface area contributed by atoms with Crippen LogP contribution >= 0.6 is 0 Å². The third kappa shape index (κ3) is 3.26. The SMILES string of the molecule is CCCN(C)C(=O)c1ccc(NCC)cc1. The normalized spacial score (nSPS) is 9.94. The van der Waals surface area contributed by atoms with Gasteiger partial charge in [-0.2, -0.15) is 0 Å². The minimum absolute atomic E-state index is 0.0879. The van der Waals surface area contributed by atoms with Crippen molar-refractivity contribution in [2.45, 2.75) is 20.3 Å². The van der Waals surface area contributed by atoms with Crippen molar-refractivity contribution < 1.29 is 4.79 Å². The highest BCUT2D eigenvalue weighted by molar-refractivity contribution is 5.94. The van der Waals surface area contributed by atoms with E-state index in [4.69, 9.17) is 0 Å². The van der Waals surface area contributed by atoms with Crippen molar-refractivity contribution in [2.24, 2.45) is 0 Å². The molecule has 1 N–H and O–H groups in total. The van der Waals surface area contributed by atoms with Gasteiger partial charge in [-0.3, -0.25) is 4.79 Å². The quantitative estimate of drug-likeness (QED) is 0.827. The zero-order chi connectivity index (χ0) is 12.0. The maximum absolute atomic E-state index is 11.9. The third-order valence-electron chi connectivity index (χ3n) is 2.42. The fourth-order valence-electron chi connectivity index (χ4n) is 1.59. The molecule has 16 heavy (non-hydrogen) atoms. The molecular formula is C13H20N2O. The summed E-state index contributed by atoms with van der Waals surface area (Å²) in [5.41, 5.74) is 1.80. The second-order valence-electron chi connectivity index (χ2n) is 3.83. The molecule has 1 aromatic rings. The van der Waals surface area contributed by atoms with E-state index in [0.717, 1.165) is 30.8 Å². The monoisotopic (exact) mass is 220 g/mol. The number of carbonyl (C=O) groups excluding carboxylic acids is 1. The van der Waals surface area contributed by atoms with Gasteiger partial charge in [0.2, 0.25) is 0 Å². The van der Waals surface area contributed by atoms with E-state index in [1.807, 2.05) is 38.2 Å². The van der Waals surface area contributed by atoms with Gasteiger partial charge in [0.25, 0.3) is 5.91 Å². The van der Waals surface area contributed by atoms with E-state index in [1.165, 1.54) is 0 Å². The zero-order valence-electron chi connectivity index (χ0n) is 10.3. The first-order chi connectivity index (χ1) is 7.69. The van der Waals surface area contributed by atoms with Gasteiger partial charge in [0.15, 0.2) is 0 Å². The highest BCUT2D eigenvalue weighted by Crippen LogP contribution is 2.10. The minimum Gasteiger partial charge on any atom is -0.385 e. The Morgan fingerprint density at radius 2 is 1.88 bits per heavy atom. The molecule has 0 aliphatic heterocycles. The topological polar surface area (TPSA) is 32.3 Å². The van der Waals surface area contributed by atoms with Gasteiger partial charge < -0.3 is 10.2 Å². The smallest absolute Gasteiger partial charge is 0.253 e. The standard InChI is InChI=1S/C13H20N2O/c1-4-10-15(3)13(16)11-6-8-12(9-7-11)14-5-2/h6-9,14H,4-5,10H2,1-3H3. The average molecular weight is 220 g/mol. The van der Waals surface area contributed by atoms with Crippen molar-refractivity contribution in [1.82, 2.24) is 4.90 Å². The molecule has 1 aromatic carbocycles. The summed E-state index contributed by atoms with van der Waals surface area (Å²) in [4.78, 5) is 13.7. The third-order valence-corrected chi connectivity index (χ3v) is 2.42. The van der Waals surface area contributed by atoms with Crippen LogP contribution in [0.25, 0.3) is 0 Å². The molecular weight excluding hydrogens is 200 g/mol. The summed E-state index contributed by atoms with van der Waals surface area (Å²) < 4.78 is 0. The number of rotatable bonds is 5. The summed E-state index contributed by atoms with van der Waals surface area (Å²) in [5.74, 6) is 0.0879. The molecule has 0 aliphatic carbocycles. The lowest BCUT2D eigenvalue weighted by Gasteiger charge is -2.16. The lowest BCUT2D eigenvalue weighted by molar-refractivity contribution is 0.0795. The largest absolute Gasteiger partial charge is 0.385 e. The molecule has 0 aliphatic rings. The Labute approximate surface area is 97.5 Å². The van der Waals surface area contributed by atoms with Gasteiger partial charge in [-0.25, -0.2) is 0 Å². The van der Waals surface area contributed by atoms with Crippen LogP contribution in [-0.4, -0.2) is 30.9 Å². The van der Waals surface area contributed by atoms with Crippen LogP contribution in [0.15, 0.2) is 24.3 Å². The van der Waals surface area contributed by atoms with Crippen molar-refractivity contribution in [3.05, 3.63) is 29.8 Å². The van der Waals surface area contributed by atoms with Crippen LogP contribution in [0.3, 0.4) is 0 Å². The Morgan fingerprint density at radius 3 is 2.38 bits per heavy atom. The van der Waals surface area contributed by atoms with E-state index in [9.17, 15) is 4.79 Å². The molecule has 3 nitrogen and oxygen atoms in total. The van der Waals surface area contributed by atoms with E-state index in [0.29, 0.717) is 0 Å². The number of anilines is 1. The Hall–Kier alpha value is -1.51. The predicted octanol–water partition coefficient (Wildman–Crippen LogP) is 2.60. The van der Waals surface area contributed by atoms with Crippen LogP contribution in [0, 0.1) is 0 Å². The molecule has 0 unspecified atom stereocenters. The van der Waals surface area contributed by atoms with Crippen LogP contribution < -0.4 is 5.32 Å². The molecule has 1 rings (SSSR count). The molecule has 3 heteroatoms. The van der Waals surface area contributed by atoms with Gasteiger partial charge >= 0.3 is 0 Å². The summed E-state index contributed by atoms with van der Waals surface area (Å²) in [7, 11) is 1.84. The summed E-state index contributed by atoms with van der Waals surface area (Å²) >= 11 is 0. The van der Waals surface area contributed by atoms with E-state index >= 15 is 0 Å². The van der Waals surface area contributed by atoms with Crippen LogP contribution in [0.5, 0.6) is 0 Å². The van der Waals surface area contributed by atoms with Gasteiger partial charge in [0.1, 0.15) is 0 Å². The average Bonchev–Trinajstić information content (AvgIpc) is 2.30. The van der Waals surface area contributed by atoms with Crippen molar-refractivity contribution >= 4 is 11.6 Å². The zero-order valence-corrected chi connectivity index (χ0v) is 10.3. The van der Waals surface area contributed by atoms with Crippen molar-refractivity contribution in [3.8, 4) is 0 Å². The molecule has 0 bridgehead atoms.